The predicted octanol–water partition coefficient (Wildman–Crippen LogP) is 2.59. The number of hydrogen-bond acceptors (Lipinski definition) is 3. The van der Waals surface area contributed by atoms with E-state index in [1.54, 1.807) is 24.3 Å². The lowest BCUT2D eigenvalue weighted by Crippen LogP contribution is -2.38. The molecule has 8 heteroatoms. The number of amides is 2. The topological polar surface area (TPSA) is 70.6 Å². The molecule has 0 saturated carbocycles. The molecular weight excluding hydrogens is 313 g/mol. The van der Waals surface area contributed by atoms with E-state index in [2.05, 4.69) is 10.6 Å². The molecule has 0 aliphatic heterocycles. The summed E-state index contributed by atoms with van der Waals surface area (Å²) in [5, 5.41) is 13.6. The molecule has 2 amide bonds. The number of alkyl halides is 3. The van der Waals surface area contributed by atoms with Gasteiger partial charge in [-0.25, -0.2) is 4.79 Å². The lowest BCUT2D eigenvalue weighted by atomic mass is 10.2. The van der Waals surface area contributed by atoms with Crippen LogP contribution in [0.1, 0.15) is 25.8 Å². The molecule has 1 aromatic carbocycles. The third kappa shape index (κ3) is 7.73. The van der Waals surface area contributed by atoms with Crippen LogP contribution in [0.25, 0.3) is 0 Å². The van der Waals surface area contributed by atoms with E-state index in [1.165, 1.54) is 0 Å². The standard InChI is InChI=1S/C15H21F3N2O3/c1-10(2)23-12-5-3-4-11(8-12)9-20-14(22)19-7-6-13(21)15(16,17)18/h3-5,8,10,13,21H,6-7,9H2,1-2H3,(H2,19,20,22)/t13-/m1/s1. The van der Waals surface area contributed by atoms with Crippen LogP contribution in [-0.2, 0) is 6.54 Å². The Morgan fingerprint density at radius 3 is 2.61 bits per heavy atom. The second-order valence-corrected chi connectivity index (χ2v) is 5.27. The van der Waals surface area contributed by atoms with Crippen LogP contribution >= 0.6 is 0 Å². The number of urea groups is 1. The fourth-order valence-corrected chi connectivity index (χ4v) is 1.73. The number of halogens is 3. The molecule has 0 aliphatic carbocycles. The van der Waals surface area contributed by atoms with Gasteiger partial charge in [0.05, 0.1) is 6.10 Å². The van der Waals surface area contributed by atoms with Gasteiger partial charge in [-0.1, -0.05) is 12.1 Å². The zero-order valence-corrected chi connectivity index (χ0v) is 13.0. The number of carbonyl (C=O) groups excluding carboxylic acids is 1. The number of ether oxygens (including phenoxy) is 1. The van der Waals surface area contributed by atoms with Gasteiger partial charge in [0.25, 0.3) is 0 Å². The van der Waals surface area contributed by atoms with E-state index in [9.17, 15) is 18.0 Å². The summed E-state index contributed by atoms with van der Waals surface area (Å²) in [7, 11) is 0. The lowest BCUT2D eigenvalue weighted by molar-refractivity contribution is -0.204. The third-order valence-electron chi connectivity index (χ3n) is 2.80. The SMILES string of the molecule is CC(C)Oc1cccc(CNC(=O)NCC[C@@H](O)C(F)(F)F)c1. The zero-order valence-electron chi connectivity index (χ0n) is 13.0. The normalized spacial score (nSPS) is 12.8. The van der Waals surface area contributed by atoms with Gasteiger partial charge < -0.3 is 20.5 Å². The number of benzene rings is 1. The van der Waals surface area contributed by atoms with E-state index in [0.717, 1.165) is 5.56 Å². The summed E-state index contributed by atoms with van der Waals surface area (Å²) < 4.78 is 41.8. The number of hydrogen-bond donors (Lipinski definition) is 3. The van der Waals surface area contributed by atoms with Crippen molar-refractivity contribution in [3.63, 3.8) is 0 Å². The van der Waals surface area contributed by atoms with Gasteiger partial charge in [0.2, 0.25) is 0 Å². The molecule has 23 heavy (non-hydrogen) atoms. The first-order chi connectivity index (χ1) is 10.7. The van der Waals surface area contributed by atoms with Crippen molar-refractivity contribution in [1.29, 1.82) is 0 Å². The molecule has 0 aromatic heterocycles. The molecular formula is C15H21F3N2O3. The van der Waals surface area contributed by atoms with Crippen LogP contribution < -0.4 is 15.4 Å². The van der Waals surface area contributed by atoms with Crippen molar-refractivity contribution in [2.24, 2.45) is 0 Å². The smallest absolute Gasteiger partial charge is 0.414 e. The van der Waals surface area contributed by atoms with Gasteiger partial charge >= 0.3 is 12.2 Å². The summed E-state index contributed by atoms with van der Waals surface area (Å²) in [6.07, 6.45) is -7.67. The Hall–Kier alpha value is -1.96. The first-order valence-corrected chi connectivity index (χ1v) is 7.20. The van der Waals surface area contributed by atoms with Gasteiger partial charge in [-0.05, 0) is 38.0 Å². The number of aliphatic hydroxyl groups is 1. The molecule has 0 fully saturated rings. The Balaban J connectivity index is 2.33. The second kappa shape index (κ2) is 8.61. The summed E-state index contributed by atoms with van der Waals surface area (Å²) >= 11 is 0. The van der Waals surface area contributed by atoms with Gasteiger partial charge in [-0.15, -0.1) is 0 Å². The molecule has 0 heterocycles. The van der Waals surface area contributed by atoms with Crippen molar-refractivity contribution >= 4 is 6.03 Å². The van der Waals surface area contributed by atoms with Crippen molar-refractivity contribution in [2.45, 2.75) is 45.2 Å². The fourth-order valence-electron chi connectivity index (χ4n) is 1.73. The minimum atomic E-state index is -4.67. The number of aliphatic hydroxyl groups excluding tert-OH is 1. The van der Waals surface area contributed by atoms with E-state index in [-0.39, 0.29) is 19.2 Å². The molecule has 3 N–H and O–H groups in total. The van der Waals surface area contributed by atoms with Crippen molar-refractivity contribution in [2.75, 3.05) is 6.54 Å². The summed E-state index contributed by atoms with van der Waals surface area (Å²) in [4.78, 5) is 11.5. The molecule has 0 bridgehead atoms. The second-order valence-electron chi connectivity index (χ2n) is 5.27. The molecule has 0 spiro atoms. The van der Waals surface area contributed by atoms with Crippen LogP contribution in [0.4, 0.5) is 18.0 Å². The minimum Gasteiger partial charge on any atom is -0.491 e. The highest BCUT2D eigenvalue weighted by atomic mass is 19.4. The van der Waals surface area contributed by atoms with E-state index >= 15 is 0 Å². The number of carbonyl (C=O) groups is 1. The van der Waals surface area contributed by atoms with Crippen LogP contribution in [0.15, 0.2) is 24.3 Å². The maximum absolute atomic E-state index is 12.1. The van der Waals surface area contributed by atoms with Crippen molar-refractivity contribution in [3.05, 3.63) is 29.8 Å². The fraction of sp³-hybridized carbons (Fsp3) is 0.533. The highest BCUT2D eigenvalue weighted by molar-refractivity contribution is 5.73. The highest BCUT2D eigenvalue weighted by Gasteiger charge is 2.37. The quantitative estimate of drug-likeness (QED) is 0.718. The zero-order chi connectivity index (χ0) is 17.5. The molecule has 0 aliphatic rings. The van der Waals surface area contributed by atoms with Gasteiger partial charge in [0.15, 0.2) is 6.10 Å². The molecule has 1 atom stereocenters. The largest absolute Gasteiger partial charge is 0.491 e. The lowest BCUT2D eigenvalue weighted by Gasteiger charge is -2.15. The summed E-state index contributed by atoms with van der Waals surface area (Å²) in [5.74, 6) is 0.674. The van der Waals surface area contributed by atoms with Crippen LogP contribution in [0.5, 0.6) is 5.75 Å². The van der Waals surface area contributed by atoms with Crippen molar-refractivity contribution in [3.8, 4) is 5.75 Å². The Bertz CT molecular complexity index is 507. The van der Waals surface area contributed by atoms with E-state index in [0.29, 0.717) is 5.75 Å². The third-order valence-corrected chi connectivity index (χ3v) is 2.80. The average Bonchev–Trinajstić information content (AvgIpc) is 2.43. The van der Waals surface area contributed by atoms with Gasteiger partial charge in [0, 0.05) is 13.1 Å². The average molecular weight is 334 g/mol. The van der Waals surface area contributed by atoms with E-state index < -0.39 is 24.7 Å². The van der Waals surface area contributed by atoms with E-state index in [1.807, 2.05) is 13.8 Å². The van der Waals surface area contributed by atoms with Crippen LogP contribution in [0, 0.1) is 0 Å². The Morgan fingerprint density at radius 2 is 2.00 bits per heavy atom. The van der Waals surface area contributed by atoms with Gasteiger partial charge in [-0.3, -0.25) is 0 Å². The Labute approximate surface area is 132 Å². The molecule has 1 aromatic rings. The maximum Gasteiger partial charge on any atom is 0.414 e. The van der Waals surface area contributed by atoms with Crippen molar-refractivity contribution in [1.82, 2.24) is 10.6 Å². The molecule has 1 rings (SSSR count). The molecule has 130 valence electrons. The molecule has 0 radical (unpaired) electrons. The van der Waals surface area contributed by atoms with E-state index in [4.69, 9.17) is 9.84 Å². The number of rotatable bonds is 7. The summed E-state index contributed by atoms with van der Waals surface area (Å²) in [5.41, 5.74) is 0.800. The first kappa shape index (κ1) is 19.1. The summed E-state index contributed by atoms with van der Waals surface area (Å²) in [6, 6.07) is 6.54. The van der Waals surface area contributed by atoms with Crippen LogP contribution in [-0.4, -0.2) is 36.1 Å². The summed E-state index contributed by atoms with van der Waals surface area (Å²) in [6.45, 7) is 3.73. The molecule has 5 nitrogen and oxygen atoms in total. The predicted molar refractivity (Wildman–Crippen MR) is 79.1 cm³/mol. The maximum atomic E-state index is 12.1. The van der Waals surface area contributed by atoms with Crippen LogP contribution in [0.2, 0.25) is 0 Å². The minimum absolute atomic E-state index is 0.0292. The molecule has 0 saturated heterocycles. The van der Waals surface area contributed by atoms with Gasteiger partial charge in [0.1, 0.15) is 5.75 Å². The van der Waals surface area contributed by atoms with Crippen molar-refractivity contribution < 1.29 is 27.8 Å². The Kier molecular flexibility index (Phi) is 7.15. The first-order valence-electron chi connectivity index (χ1n) is 7.20. The molecule has 0 unspecified atom stereocenters. The van der Waals surface area contributed by atoms with Crippen LogP contribution in [0.3, 0.4) is 0 Å². The number of nitrogens with one attached hydrogen (secondary N) is 2. The van der Waals surface area contributed by atoms with Gasteiger partial charge in [-0.2, -0.15) is 13.2 Å². The highest BCUT2D eigenvalue weighted by Crippen LogP contribution is 2.21. The monoisotopic (exact) mass is 334 g/mol. The Morgan fingerprint density at radius 1 is 1.30 bits per heavy atom.